The second kappa shape index (κ2) is 12.8. The molecule has 0 spiro atoms. The molecule has 10 nitrogen and oxygen atoms in total. The summed E-state index contributed by atoms with van der Waals surface area (Å²) in [6.45, 7) is 10.2. The first kappa shape index (κ1) is 32.0. The fourth-order valence-electron chi connectivity index (χ4n) is 9.61. The fraction of sp³-hybridized carbons (Fsp3) is 0.844. The second-order valence-electron chi connectivity index (χ2n) is 14.6. The van der Waals surface area contributed by atoms with Gasteiger partial charge in [-0.05, 0) is 57.1 Å². The quantitative estimate of drug-likeness (QED) is 0.271. The van der Waals surface area contributed by atoms with Crippen molar-refractivity contribution in [3.63, 3.8) is 0 Å². The predicted octanol–water partition coefficient (Wildman–Crippen LogP) is 2.24. The van der Waals surface area contributed by atoms with Gasteiger partial charge in [-0.2, -0.15) is 11.8 Å². The van der Waals surface area contributed by atoms with Crippen molar-refractivity contribution < 1.29 is 18.8 Å². The Bertz CT molecular complexity index is 1180. The highest BCUT2D eigenvalue weighted by Gasteiger charge is 2.60. The molecule has 7 aliphatic rings. The minimum absolute atomic E-state index is 0.0276. The maximum Gasteiger partial charge on any atom is 0.320 e. The summed E-state index contributed by atoms with van der Waals surface area (Å²) in [5.41, 5.74) is 0. The zero-order valence-corrected chi connectivity index (χ0v) is 27.9. The highest BCUT2D eigenvalue weighted by molar-refractivity contribution is 8.00. The number of nitrogens with zero attached hydrogens (tertiary/aromatic N) is 3. The Morgan fingerprint density at radius 3 is 2.71 bits per heavy atom. The maximum absolute atomic E-state index is 16.0. The van der Waals surface area contributed by atoms with Crippen molar-refractivity contribution in [2.45, 2.75) is 124 Å². The number of urea groups is 1. The van der Waals surface area contributed by atoms with Crippen LogP contribution in [0.1, 0.15) is 58.8 Å². The molecule has 4 amide bonds. The van der Waals surface area contributed by atoms with Crippen LogP contribution in [-0.4, -0.2) is 123 Å². The van der Waals surface area contributed by atoms with Crippen LogP contribution in [0.15, 0.2) is 12.7 Å². The number of piperidine rings is 2. The Labute approximate surface area is 275 Å². The van der Waals surface area contributed by atoms with Crippen LogP contribution in [-0.2, 0) is 9.59 Å². The molecule has 2 bridgehead atoms. The minimum Gasteiger partial charge on any atom is -0.353 e. The second-order valence-corrected chi connectivity index (χ2v) is 16.5. The third kappa shape index (κ3) is 5.78. The Morgan fingerprint density at radius 2 is 1.93 bits per heavy atom. The van der Waals surface area contributed by atoms with Crippen LogP contribution in [0.3, 0.4) is 0 Å². The maximum atomic E-state index is 16.0. The van der Waals surface area contributed by atoms with Crippen molar-refractivity contribution in [1.29, 1.82) is 0 Å². The van der Waals surface area contributed by atoms with Gasteiger partial charge in [0.2, 0.25) is 11.8 Å². The number of piperazine rings is 1. The van der Waals surface area contributed by atoms with Crippen LogP contribution in [0.5, 0.6) is 0 Å². The molecule has 2 saturated carbocycles. The van der Waals surface area contributed by atoms with E-state index in [2.05, 4.69) is 51.5 Å². The molecule has 7 fully saturated rings. The van der Waals surface area contributed by atoms with Gasteiger partial charge in [0.15, 0.2) is 0 Å². The third-order valence-corrected chi connectivity index (χ3v) is 13.6. The summed E-state index contributed by atoms with van der Waals surface area (Å²) >= 11 is 9.08. The monoisotopic (exact) mass is 665 g/mol. The Hall–Kier alpha value is -1.60. The van der Waals surface area contributed by atoms with Crippen molar-refractivity contribution in [3.05, 3.63) is 12.7 Å². The van der Waals surface area contributed by atoms with Gasteiger partial charge < -0.3 is 25.8 Å². The molecule has 4 N–H and O–H groups in total. The van der Waals surface area contributed by atoms with Gasteiger partial charge in [0.1, 0.15) is 6.17 Å². The molecule has 2 aliphatic carbocycles. The summed E-state index contributed by atoms with van der Waals surface area (Å²) in [6, 6.07) is -0.517. The van der Waals surface area contributed by atoms with E-state index >= 15 is 4.39 Å². The highest BCUT2D eigenvalue weighted by Crippen LogP contribution is 2.46. The summed E-state index contributed by atoms with van der Waals surface area (Å²) in [5, 5.41) is 14.0. The predicted molar refractivity (Wildman–Crippen MR) is 173 cm³/mol. The SMILES string of the molecule is C=CC(=O)N1CCN(C2NC(=O)N3C4NC(C(Cl)CC42)C2C(F)CCCC2NC(=O)CCSC2CCNC(C(C)C)C23)[C@H]2C[C@H]21. The number of amides is 4. The highest BCUT2D eigenvalue weighted by atomic mass is 35.5. The number of carbonyl (C=O) groups excluding carboxylic acids is 3. The molecule has 5 heterocycles. The van der Waals surface area contributed by atoms with Crippen LogP contribution in [0.25, 0.3) is 0 Å². The van der Waals surface area contributed by atoms with Gasteiger partial charge in [-0.1, -0.05) is 20.4 Å². The lowest BCUT2D eigenvalue weighted by Crippen LogP contribution is -2.80. The average molecular weight is 666 g/mol. The topological polar surface area (TPSA) is 109 Å². The molecule has 250 valence electrons. The Kier molecular flexibility index (Phi) is 9.08. The summed E-state index contributed by atoms with van der Waals surface area (Å²) < 4.78 is 16.0. The lowest BCUT2D eigenvalue weighted by molar-refractivity contribution is -0.129. The summed E-state index contributed by atoms with van der Waals surface area (Å²) in [4.78, 5) is 46.6. The molecule has 7 rings (SSSR count). The molecule has 5 aliphatic heterocycles. The Morgan fingerprint density at radius 1 is 1.11 bits per heavy atom. The lowest BCUT2D eigenvalue weighted by atomic mass is 9.73. The lowest BCUT2D eigenvalue weighted by Gasteiger charge is -2.59. The number of rotatable bonds is 3. The van der Waals surface area contributed by atoms with Crippen LogP contribution in [0.4, 0.5) is 9.18 Å². The van der Waals surface area contributed by atoms with E-state index in [1.54, 1.807) is 11.8 Å². The molecule has 0 aromatic heterocycles. The number of nitrogens with one attached hydrogen (secondary N) is 4. The molecule has 5 saturated heterocycles. The van der Waals surface area contributed by atoms with Crippen LogP contribution in [0, 0.1) is 17.8 Å². The number of halogens is 2. The molecule has 0 aromatic rings. The molecule has 13 heteroatoms. The minimum atomic E-state index is -1.09. The van der Waals surface area contributed by atoms with Crippen molar-refractivity contribution in [2.75, 3.05) is 25.4 Å². The normalized spacial score (nSPS) is 45.4. The first-order valence-corrected chi connectivity index (χ1v) is 18.6. The number of carbonyl (C=O) groups is 3. The van der Waals surface area contributed by atoms with E-state index in [-0.39, 0.29) is 88.9 Å². The molecular weight excluding hydrogens is 617 g/mol. The van der Waals surface area contributed by atoms with Gasteiger partial charge in [0.05, 0.1) is 18.4 Å². The molecule has 0 radical (unpaired) electrons. The largest absolute Gasteiger partial charge is 0.353 e. The fourth-order valence-corrected chi connectivity index (χ4v) is 11.4. The van der Waals surface area contributed by atoms with Gasteiger partial charge in [-0.15, -0.1) is 11.6 Å². The van der Waals surface area contributed by atoms with Crippen LogP contribution < -0.4 is 21.3 Å². The third-order valence-electron chi connectivity index (χ3n) is 11.7. The van der Waals surface area contributed by atoms with Gasteiger partial charge in [-0.25, -0.2) is 9.18 Å². The number of hydrogen-bond donors (Lipinski definition) is 4. The van der Waals surface area contributed by atoms with Gasteiger partial charge in [0, 0.05) is 77.9 Å². The standard InChI is InChI=1S/C32H49ClFN7O3S/c1-4-25(43)39-11-12-40(22-15-21(22)39)30-17-14-18(33)28-26-19(34)6-5-7-20(26)36-24(42)9-13-45-23-8-10-35-27(16(2)3)29(23)41(31(17)37-28)32(44)38-30/h4,16-23,26-31,35,37H,1,5-15H2,2-3H3,(H,36,42)(H,38,44)/t17?,18?,19?,20?,21-,22+,23?,26?,27?,28?,29?,30?,31?/m1/s1. The van der Waals surface area contributed by atoms with Crippen LogP contribution >= 0.6 is 23.4 Å². The summed E-state index contributed by atoms with van der Waals surface area (Å²) in [5.74, 6) is 0.369. The zero-order valence-electron chi connectivity index (χ0n) is 26.4. The van der Waals surface area contributed by atoms with E-state index in [1.165, 1.54) is 6.08 Å². The van der Waals surface area contributed by atoms with Gasteiger partial charge in [-0.3, -0.25) is 19.8 Å². The number of fused-ring (bicyclic) bond motifs is 6. The van der Waals surface area contributed by atoms with Gasteiger partial charge >= 0.3 is 6.03 Å². The van der Waals surface area contributed by atoms with E-state index in [1.807, 2.05) is 4.90 Å². The van der Waals surface area contributed by atoms with E-state index in [4.69, 9.17) is 11.6 Å². The van der Waals surface area contributed by atoms with E-state index in [0.29, 0.717) is 38.1 Å². The zero-order chi connectivity index (χ0) is 31.6. The van der Waals surface area contributed by atoms with Crippen molar-refractivity contribution in [3.8, 4) is 0 Å². The van der Waals surface area contributed by atoms with Crippen molar-refractivity contribution in [1.82, 2.24) is 36.0 Å². The number of alkyl halides is 2. The van der Waals surface area contributed by atoms with E-state index in [0.717, 1.165) is 32.2 Å². The molecule has 13 atom stereocenters. The number of thioether (sulfide) groups is 1. The molecule has 11 unspecified atom stereocenters. The van der Waals surface area contributed by atoms with E-state index < -0.39 is 12.1 Å². The summed E-state index contributed by atoms with van der Waals surface area (Å²) in [6.07, 6.45) is 4.39. The smallest absolute Gasteiger partial charge is 0.320 e. The Balaban J connectivity index is 1.26. The van der Waals surface area contributed by atoms with Crippen molar-refractivity contribution >= 4 is 41.2 Å². The van der Waals surface area contributed by atoms with Crippen molar-refractivity contribution in [2.24, 2.45) is 17.8 Å². The van der Waals surface area contributed by atoms with Crippen LogP contribution in [0.2, 0.25) is 0 Å². The molecular formula is C32H49ClFN7O3S. The first-order valence-electron chi connectivity index (χ1n) is 17.1. The van der Waals surface area contributed by atoms with Gasteiger partial charge in [0.25, 0.3) is 0 Å². The average Bonchev–Trinajstić information content (AvgIpc) is 3.81. The molecule has 0 aromatic carbocycles. The first-order chi connectivity index (χ1) is 21.7. The number of hydrogen-bond acceptors (Lipinski definition) is 7. The van der Waals surface area contributed by atoms with E-state index in [9.17, 15) is 14.4 Å². The summed E-state index contributed by atoms with van der Waals surface area (Å²) in [7, 11) is 0. The molecule has 45 heavy (non-hydrogen) atoms.